The van der Waals surface area contributed by atoms with Crippen LogP contribution in [0.4, 0.5) is 0 Å². The quantitative estimate of drug-likeness (QED) is 0.547. The topological polar surface area (TPSA) is 73.3 Å². The molecule has 1 aliphatic heterocycles. The Bertz CT molecular complexity index is 756. The molecule has 2 aromatic heterocycles. The number of imide groups is 1. The van der Waals surface area contributed by atoms with Gasteiger partial charge in [0.2, 0.25) is 0 Å². The Morgan fingerprint density at radius 2 is 1.14 bits per heavy atom. The first-order valence-electron chi connectivity index (χ1n) is 6.67. The normalized spacial score (nSPS) is 12.8. The molecule has 0 saturated carbocycles. The van der Waals surface area contributed by atoms with Gasteiger partial charge in [-0.25, -0.2) is 0 Å². The number of carbonyl (C=O) groups excluding carboxylic acids is 2. The van der Waals surface area contributed by atoms with Crippen LogP contribution in [0.5, 0.6) is 0 Å². The number of nitrogens with zero attached hydrogens (tertiary/aromatic N) is 3. The van der Waals surface area contributed by atoms with Gasteiger partial charge in [-0.3, -0.25) is 18.9 Å². The minimum atomic E-state index is -0.281. The maximum Gasteiger partial charge on any atom is 0.281 e. The molecular formula is C16H14N4O2. The highest BCUT2D eigenvalue weighted by Crippen LogP contribution is 2.21. The molecule has 3 aromatic rings. The van der Waals surface area contributed by atoms with E-state index in [9.17, 15) is 9.59 Å². The summed E-state index contributed by atoms with van der Waals surface area (Å²) in [6.07, 6.45) is 6.89. The molecule has 2 N–H and O–H groups in total. The van der Waals surface area contributed by atoms with E-state index in [1.54, 1.807) is 61.2 Å². The van der Waals surface area contributed by atoms with Gasteiger partial charge in [-0.15, -0.1) is 0 Å². The number of hydrogen-bond acceptors (Lipinski definition) is 3. The molecule has 22 heavy (non-hydrogen) atoms. The lowest BCUT2D eigenvalue weighted by atomic mass is 10.1. The van der Waals surface area contributed by atoms with E-state index in [1.165, 1.54) is 9.35 Å². The van der Waals surface area contributed by atoms with E-state index in [1.807, 2.05) is 12.1 Å². The van der Waals surface area contributed by atoms with E-state index in [4.69, 9.17) is 5.84 Å². The lowest BCUT2D eigenvalue weighted by Gasteiger charge is -2.14. The summed E-state index contributed by atoms with van der Waals surface area (Å²) < 4.78 is 2.99. The summed E-state index contributed by atoms with van der Waals surface area (Å²) in [5, 5.41) is 1.13. The van der Waals surface area contributed by atoms with Crippen molar-refractivity contribution in [1.29, 1.82) is 0 Å². The fraction of sp³-hybridized carbons (Fsp3) is 0. The number of fused-ring (bicyclic) bond motifs is 1. The fourth-order valence-corrected chi connectivity index (χ4v) is 2.19. The van der Waals surface area contributed by atoms with E-state index in [2.05, 4.69) is 0 Å². The van der Waals surface area contributed by atoms with Crippen LogP contribution in [-0.2, 0) is 0 Å². The molecule has 0 fully saturated rings. The molecule has 0 bridgehead atoms. The van der Waals surface area contributed by atoms with E-state index in [0.29, 0.717) is 11.1 Å². The highest BCUT2D eigenvalue weighted by molar-refractivity contribution is 6.30. The van der Waals surface area contributed by atoms with E-state index < -0.39 is 0 Å². The first-order chi connectivity index (χ1) is 10.7. The second-order valence-corrected chi connectivity index (χ2v) is 4.66. The van der Waals surface area contributed by atoms with Crippen molar-refractivity contribution in [2.45, 2.75) is 0 Å². The van der Waals surface area contributed by atoms with Crippen LogP contribution in [0.3, 0.4) is 0 Å². The third-order valence-electron chi connectivity index (χ3n) is 3.22. The van der Waals surface area contributed by atoms with E-state index in [-0.39, 0.29) is 11.8 Å². The molecule has 6 heteroatoms. The van der Waals surface area contributed by atoms with Crippen molar-refractivity contribution in [3.8, 4) is 0 Å². The monoisotopic (exact) mass is 294 g/mol. The molecule has 0 spiro atoms. The van der Waals surface area contributed by atoms with Crippen LogP contribution < -0.4 is 10.9 Å². The molecule has 0 atom stereocenters. The Morgan fingerprint density at radius 1 is 0.682 bits per heavy atom. The molecule has 110 valence electrons. The molecule has 0 unspecified atom stereocenters. The second-order valence-electron chi connectivity index (χ2n) is 4.66. The Balaban J connectivity index is 0.000000202. The Kier molecular flexibility index (Phi) is 3.49. The van der Waals surface area contributed by atoms with Crippen LogP contribution in [0.2, 0.25) is 0 Å². The molecular weight excluding hydrogens is 280 g/mol. The first-order valence-corrected chi connectivity index (χ1v) is 6.67. The van der Waals surface area contributed by atoms with Gasteiger partial charge in [-0.1, -0.05) is 12.1 Å². The SMILES string of the molecule is Nn1cccc1.O=C1c2ccccc2C(=O)N1n1cccc1. The van der Waals surface area contributed by atoms with Crippen LogP contribution >= 0.6 is 0 Å². The number of amides is 2. The minimum Gasteiger partial charge on any atom is -0.340 e. The summed E-state index contributed by atoms with van der Waals surface area (Å²) in [6, 6.07) is 14.1. The Morgan fingerprint density at radius 3 is 1.55 bits per heavy atom. The van der Waals surface area contributed by atoms with Gasteiger partial charge < -0.3 is 5.84 Å². The summed E-state index contributed by atoms with van der Waals surface area (Å²) in [4.78, 5) is 24.0. The predicted molar refractivity (Wildman–Crippen MR) is 82.3 cm³/mol. The number of nitrogens with two attached hydrogens (primary N) is 1. The lowest BCUT2D eigenvalue weighted by molar-refractivity contribution is 0.0886. The Labute approximate surface area is 126 Å². The molecule has 3 heterocycles. The maximum absolute atomic E-state index is 12.0. The van der Waals surface area contributed by atoms with Crippen LogP contribution in [0.25, 0.3) is 0 Å². The molecule has 1 aliphatic rings. The molecule has 0 saturated heterocycles. The molecule has 0 radical (unpaired) electrons. The third kappa shape index (κ3) is 2.37. The zero-order chi connectivity index (χ0) is 15.5. The average Bonchev–Trinajstić information content (AvgIpc) is 3.25. The largest absolute Gasteiger partial charge is 0.340 e. The zero-order valence-corrected chi connectivity index (χ0v) is 11.7. The number of nitrogen functional groups attached to an aromatic ring is 1. The van der Waals surface area contributed by atoms with Crippen LogP contribution in [-0.4, -0.2) is 21.2 Å². The van der Waals surface area contributed by atoms with Crippen molar-refractivity contribution in [3.63, 3.8) is 0 Å². The van der Waals surface area contributed by atoms with Crippen LogP contribution in [0, 0.1) is 0 Å². The van der Waals surface area contributed by atoms with Crippen molar-refractivity contribution in [2.75, 3.05) is 10.9 Å². The molecule has 1 aromatic carbocycles. The van der Waals surface area contributed by atoms with Gasteiger partial charge in [0.15, 0.2) is 0 Å². The maximum atomic E-state index is 12.0. The summed E-state index contributed by atoms with van der Waals surface area (Å²) >= 11 is 0. The molecule has 4 rings (SSSR count). The summed E-state index contributed by atoms with van der Waals surface area (Å²) in [5.41, 5.74) is 0.919. The van der Waals surface area contributed by atoms with Gasteiger partial charge in [-0.2, -0.15) is 5.01 Å². The van der Waals surface area contributed by atoms with E-state index in [0.717, 1.165) is 5.01 Å². The summed E-state index contributed by atoms with van der Waals surface area (Å²) in [7, 11) is 0. The number of benzene rings is 1. The highest BCUT2D eigenvalue weighted by Gasteiger charge is 2.36. The number of aromatic nitrogens is 2. The van der Waals surface area contributed by atoms with Crippen LogP contribution in [0.1, 0.15) is 20.7 Å². The molecule has 0 aliphatic carbocycles. The smallest absolute Gasteiger partial charge is 0.281 e. The highest BCUT2D eigenvalue weighted by atomic mass is 16.2. The molecule has 2 amide bonds. The van der Waals surface area contributed by atoms with Gasteiger partial charge >= 0.3 is 0 Å². The van der Waals surface area contributed by atoms with Crippen molar-refractivity contribution in [2.24, 2.45) is 0 Å². The molecule has 6 nitrogen and oxygen atoms in total. The average molecular weight is 294 g/mol. The van der Waals surface area contributed by atoms with E-state index >= 15 is 0 Å². The standard InChI is InChI=1S/C12H8N2O2.C4H6N2/c15-11-9-5-1-2-6-10(9)12(16)14(11)13-7-3-4-8-13;5-6-3-1-2-4-6/h1-8H;1-4H,5H2. The predicted octanol–water partition coefficient (Wildman–Crippen LogP) is 1.62. The first kappa shape index (κ1) is 13.7. The van der Waals surface area contributed by atoms with Gasteiger partial charge in [0, 0.05) is 24.8 Å². The van der Waals surface area contributed by atoms with Gasteiger partial charge in [-0.05, 0) is 36.4 Å². The fourth-order valence-electron chi connectivity index (χ4n) is 2.19. The number of carbonyl (C=O) groups is 2. The van der Waals surface area contributed by atoms with Crippen molar-refractivity contribution in [1.82, 2.24) is 9.35 Å². The lowest BCUT2D eigenvalue weighted by Crippen LogP contribution is -2.38. The summed E-state index contributed by atoms with van der Waals surface area (Å²) in [5.74, 6) is 4.63. The zero-order valence-electron chi connectivity index (χ0n) is 11.7. The van der Waals surface area contributed by atoms with Crippen molar-refractivity contribution >= 4 is 11.8 Å². The number of rotatable bonds is 1. The summed E-state index contributed by atoms with van der Waals surface area (Å²) in [6.45, 7) is 0. The van der Waals surface area contributed by atoms with Gasteiger partial charge in [0.1, 0.15) is 0 Å². The van der Waals surface area contributed by atoms with Gasteiger partial charge in [0.25, 0.3) is 11.8 Å². The van der Waals surface area contributed by atoms with Crippen molar-refractivity contribution < 1.29 is 9.59 Å². The number of hydrogen-bond donors (Lipinski definition) is 1. The second kappa shape index (κ2) is 5.61. The van der Waals surface area contributed by atoms with Gasteiger partial charge in [0.05, 0.1) is 11.1 Å². The minimum absolute atomic E-state index is 0.281. The van der Waals surface area contributed by atoms with Crippen molar-refractivity contribution in [3.05, 3.63) is 84.4 Å². The third-order valence-corrected chi connectivity index (χ3v) is 3.22. The van der Waals surface area contributed by atoms with Crippen LogP contribution in [0.15, 0.2) is 73.3 Å². The Hall–Kier alpha value is -3.28.